The Hall–Kier alpha value is -0.730. The van der Waals surface area contributed by atoms with Crippen LogP contribution in [0.4, 0.5) is 4.79 Å². The van der Waals surface area contributed by atoms with Crippen molar-refractivity contribution in [3.05, 3.63) is 0 Å². The summed E-state index contributed by atoms with van der Waals surface area (Å²) in [5, 5.41) is 6.43. The van der Waals surface area contributed by atoms with E-state index in [-0.39, 0.29) is 36.1 Å². The molecule has 1 fully saturated rings. The quantitative estimate of drug-likeness (QED) is 0.696. The smallest absolute Gasteiger partial charge is 0.410 e. The molecule has 2 aliphatic heterocycles. The topological polar surface area (TPSA) is 66.0 Å². The van der Waals surface area contributed by atoms with Crippen LogP contribution in [-0.4, -0.2) is 54.8 Å². The summed E-state index contributed by atoms with van der Waals surface area (Å²) in [5.41, 5.74) is -0.436. The first kappa shape index (κ1) is 17.3. The number of carbonyl (C=O) groups is 1. The van der Waals surface area contributed by atoms with Crippen LogP contribution in [0.3, 0.4) is 0 Å². The van der Waals surface area contributed by atoms with E-state index in [9.17, 15) is 4.79 Å². The molecular weight excluding hydrogens is 371 g/mol. The van der Waals surface area contributed by atoms with E-state index in [1.54, 1.807) is 0 Å². The largest absolute Gasteiger partial charge is 0.444 e. The Morgan fingerprint density at radius 3 is 2.90 bits per heavy atom. The summed E-state index contributed by atoms with van der Waals surface area (Å²) < 4.78 is 5.44. The first-order chi connectivity index (χ1) is 8.96. The molecule has 20 heavy (non-hydrogen) atoms. The molecule has 7 heteroatoms. The Labute approximate surface area is 137 Å². The first-order valence-electron chi connectivity index (χ1n) is 6.97. The average molecular weight is 396 g/mol. The van der Waals surface area contributed by atoms with Gasteiger partial charge in [-0.15, -0.1) is 24.0 Å². The maximum absolute atomic E-state index is 12.1. The summed E-state index contributed by atoms with van der Waals surface area (Å²) in [6.45, 7) is 8.90. The fourth-order valence-electron chi connectivity index (χ4n) is 2.34. The number of ether oxygens (including phenoxy) is 1. The van der Waals surface area contributed by atoms with Gasteiger partial charge in [0.25, 0.3) is 0 Å². The highest BCUT2D eigenvalue weighted by molar-refractivity contribution is 14.0. The average Bonchev–Trinajstić information content (AvgIpc) is 2.95. The van der Waals surface area contributed by atoms with Crippen molar-refractivity contribution in [2.24, 2.45) is 4.99 Å². The molecule has 0 aromatic carbocycles. The molecule has 2 rings (SSSR count). The third-order valence-corrected chi connectivity index (χ3v) is 3.18. The van der Waals surface area contributed by atoms with Gasteiger partial charge in [-0.3, -0.25) is 4.99 Å². The first-order valence-corrected chi connectivity index (χ1v) is 6.97. The lowest BCUT2D eigenvalue weighted by Crippen LogP contribution is -2.46. The number of hydrogen-bond donors (Lipinski definition) is 2. The molecule has 0 radical (unpaired) electrons. The van der Waals surface area contributed by atoms with Crippen LogP contribution in [0.15, 0.2) is 4.99 Å². The molecule has 2 N–H and O–H groups in total. The van der Waals surface area contributed by atoms with Crippen molar-refractivity contribution in [3.63, 3.8) is 0 Å². The number of nitrogens with zero attached hydrogens (tertiary/aromatic N) is 2. The number of guanidine groups is 1. The number of nitrogens with one attached hydrogen (secondary N) is 2. The molecule has 116 valence electrons. The zero-order chi connectivity index (χ0) is 13.9. The molecule has 0 saturated carbocycles. The van der Waals surface area contributed by atoms with Gasteiger partial charge < -0.3 is 20.3 Å². The van der Waals surface area contributed by atoms with Crippen molar-refractivity contribution in [3.8, 4) is 0 Å². The summed E-state index contributed by atoms with van der Waals surface area (Å²) in [6.07, 6.45) is 1.84. The van der Waals surface area contributed by atoms with Crippen molar-refractivity contribution < 1.29 is 9.53 Å². The maximum atomic E-state index is 12.1. The molecule has 1 amide bonds. The van der Waals surface area contributed by atoms with E-state index in [1.807, 2.05) is 25.7 Å². The summed E-state index contributed by atoms with van der Waals surface area (Å²) in [5.74, 6) is 0.844. The van der Waals surface area contributed by atoms with E-state index in [2.05, 4.69) is 15.6 Å². The molecule has 0 unspecified atom stereocenters. The van der Waals surface area contributed by atoms with E-state index < -0.39 is 5.60 Å². The molecule has 1 saturated heterocycles. The second-order valence-corrected chi connectivity index (χ2v) is 6.01. The molecule has 2 heterocycles. The summed E-state index contributed by atoms with van der Waals surface area (Å²) >= 11 is 0. The van der Waals surface area contributed by atoms with Gasteiger partial charge in [-0.25, -0.2) is 4.79 Å². The van der Waals surface area contributed by atoms with Crippen molar-refractivity contribution in [2.45, 2.75) is 45.3 Å². The summed E-state index contributed by atoms with van der Waals surface area (Å²) in [6, 6.07) is 0.194. The zero-order valence-electron chi connectivity index (χ0n) is 12.4. The van der Waals surface area contributed by atoms with Crippen molar-refractivity contribution in [1.82, 2.24) is 15.5 Å². The predicted molar refractivity (Wildman–Crippen MR) is 89.7 cm³/mol. The molecule has 1 atom stereocenters. The highest BCUT2D eigenvalue weighted by atomic mass is 127. The van der Waals surface area contributed by atoms with Gasteiger partial charge in [0.2, 0.25) is 0 Å². The van der Waals surface area contributed by atoms with Gasteiger partial charge in [0.15, 0.2) is 5.96 Å². The van der Waals surface area contributed by atoms with Gasteiger partial charge in [-0.05, 0) is 33.6 Å². The fraction of sp³-hybridized carbons (Fsp3) is 0.846. The highest BCUT2D eigenvalue weighted by Crippen LogP contribution is 2.20. The Balaban J connectivity index is 0.00000200. The number of amides is 1. The molecule has 0 spiro atoms. The van der Waals surface area contributed by atoms with Gasteiger partial charge in [-0.1, -0.05) is 0 Å². The lowest BCUT2D eigenvalue weighted by molar-refractivity contribution is 0.0229. The van der Waals surface area contributed by atoms with Crippen LogP contribution in [0, 0.1) is 0 Å². The Kier molecular flexibility index (Phi) is 6.35. The molecule has 6 nitrogen and oxygen atoms in total. The Bertz CT molecular complexity index is 368. The summed E-state index contributed by atoms with van der Waals surface area (Å²) in [7, 11) is 0. The number of likely N-dealkylation sites (tertiary alicyclic amines) is 1. The molecule has 0 aromatic rings. The minimum absolute atomic E-state index is 0. The van der Waals surface area contributed by atoms with Crippen molar-refractivity contribution in [2.75, 3.05) is 26.2 Å². The van der Waals surface area contributed by atoms with Gasteiger partial charge in [0.1, 0.15) is 5.60 Å². The minimum Gasteiger partial charge on any atom is -0.444 e. The van der Waals surface area contributed by atoms with Crippen molar-refractivity contribution >= 4 is 36.0 Å². The van der Waals surface area contributed by atoms with Crippen LogP contribution < -0.4 is 10.6 Å². The molecule has 0 aromatic heterocycles. The number of aliphatic imine (C=N–C) groups is 1. The van der Waals surface area contributed by atoms with Crippen LogP contribution in [0.25, 0.3) is 0 Å². The predicted octanol–water partition coefficient (Wildman–Crippen LogP) is 1.55. The number of halogens is 1. The second kappa shape index (κ2) is 7.33. The van der Waals surface area contributed by atoms with Crippen LogP contribution in [0.2, 0.25) is 0 Å². The van der Waals surface area contributed by atoms with Gasteiger partial charge >= 0.3 is 6.09 Å². The molecule has 2 aliphatic rings. The second-order valence-electron chi connectivity index (χ2n) is 6.01. The van der Waals surface area contributed by atoms with Gasteiger partial charge in [0, 0.05) is 19.6 Å². The van der Waals surface area contributed by atoms with E-state index in [4.69, 9.17) is 4.74 Å². The monoisotopic (exact) mass is 396 g/mol. The van der Waals surface area contributed by atoms with E-state index >= 15 is 0 Å². The molecule has 0 bridgehead atoms. The zero-order valence-corrected chi connectivity index (χ0v) is 14.8. The van der Waals surface area contributed by atoms with E-state index in [1.165, 1.54) is 0 Å². The fourth-order valence-corrected chi connectivity index (χ4v) is 2.34. The summed E-state index contributed by atoms with van der Waals surface area (Å²) in [4.78, 5) is 18.2. The highest BCUT2D eigenvalue weighted by Gasteiger charge is 2.32. The lowest BCUT2D eigenvalue weighted by atomic mass is 10.2. The molecule has 0 aliphatic carbocycles. The number of hydrogen-bond acceptors (Lipinski definition) is 5. The number of carbonyl (C=O) groups excluding carboxylic acids is 1. The van der Waals surface area contributed by atoms with Crippen LogP contribution in [-0.2, 0) is 4.74 Å². The van der Waals surface area contributed by atoms with Gasteiger partial charge in [0.05, 0.1) is 12.6 Å². The third kappa shape index (κ3) is 4.99. The van der Waals surface area contributed by atoms with Crippen LogP contribution >= 0.6 is 24.0 Å². The minimum atomic E-state index is -0.436. The third-order valence-electron chi connectivity index (χ3n) is 3.18. The molecular formula is C13H25IN4O2. The van der Waals surface area contributed by atoms with Crippen LogP contribution in [0.5, 0.6) is 0 Å². The van der Waals surface area contributed by atoms with E-state index in [0.29, 0.717) is 0 Å². The number of rotatable bonds is 2. The van der Waals surface area contributed by atoms with Crippen molar-refractivity contribution in [1.29, 1.82) is 0 Å². The van der Waals surface area contributed by atoms with E-state index in [0.717, 1.165) is 45.0 Å². The standard InChI is InChI=1S/C13H24N4O2.HI/c1-13(2,3)19-12(18)17-8-4-5-10(17)9-16-11-14-6-7-15-11;/h10H,4-9H2,1-3H3,(H2,14,15,16);1H/t10-;/m0./s1. The maximum Gasteiger partial charge on any atom is 0.410 e. The SMILES string of the molecule is CC(C)(C)OC(=O)N1CCC[C@H]1CNC1=NCCN1.I. The Morgan fingerprint density at radius 1 is 1.55 bits per heavy atom. The van der Waals surface area contributed by atoms with Crippen LogP contribution in [0.1, 0.15) is 33.6 Å². The Morgan fingerprint density at radius 2 is 2.30 bits per heavy atom. The normalized spacial score (nSPS) is 21.9. The lowest BCUT2D eigenvalue weighted by Gasteiger charge is -2.28. The van der Waals surface area contributed by atoms with Gasteiger partial charge in [-0.2, -0.15) is 0 Å².